The van der Waals surface area contributed by atoms with Crippen LogP contribution in [-0.2, 0) is 21.7 Å². The van der Waals surface area contributed by atoms with Gasteiger partial charge in [0.05, 0.1) is 6.61 Å². The van der Waals surface area contributed by atoms with Crippen LogP contribution in [-0.4, -0.2) is 11.7 Å². The molecule has 1 aliphatic rings. The van der Waals surface area contributed by atoms with E-state index in [-0.39, 0.29) is 53.1 Å². The van der Waals surface area contributed by atoms with Gasteiger partial charge in [-0.1, -0.05) is 18.2 Å². The standard InChI is InChI=1S/C6H8O.2ClH.Ti/c7-5-6-3-1-2-4-6;;;/h1-3,7H,4-5H2;2*1H;/q;;;+2/p-2. The van der Waals surface area contributed by atoms with Gasteiger partial charge in [0.1, 0.15) is 0 Å². The fourth-order valence-corrected chi connectivity index (χ4v) is 0.609. The van der Waals surface area contributed by atoms with Gasteiger partial charge in [0.15, 0.2) is 0 Å². The average Bonchev–Trinajstić information content (AvgIpc) is 2.14. The number of rotatable bonds is 1. The molecule has 0 aromatic carbocycles. The molecule has 0 aromatic rings. The van der Waals surface area contributed by atoms with Gasteiger partial charge in [-0.3, -0.25) is 0 Å². The van der Waals surface area contributed by atoms with Crippen LogP contribution in [0.1, 0.15) is 6.42 Å². The van der Waals surface area contributed by atoms with Gasteiger partial charge < -0.3 is 29.9 Å². The van der Waals surface area contributed by atoms with Crippen LogP contribution in [0, 0.1) is 0 Å². The minimum atomic E-state index is 0. The van der Waals surface area contributed by atoms with Crippen molar-refractivity contribution in [2.75, 3.05) is 6.61 Å². The Balaban J connectivity index is -0.000000163. The molecule has 1 N–H and O–H groups in total. The van der Waals surface area contributed by atoms with Crippen LogP contribution >= 0.6 is 0 Å². The summed E-state index contributed by atoms with van der Waals surface area (Å²) in [6, 6.07) is 0. The Morgan fingerprint density at radius 2 is 2.00 bits per heavy atom. The Bertz CT molecular complexity index is 123. The molecule has 0 amide bonds. The zero-order valence-corrected chi connectivity index (χ0v) is 8.42. The maximum atomic E-state index is 8.46. The number of aliphatic hydroxyl groups is 1. The van der Waals surface area contributed by atoms with Crippen LogP contribution in [0.2, 0.25) is 0 Å². The fraction of sp³-hybridized carbons (Fsp3) is 0.333. The predicted octanol–water partition coefficient (Wildman–Crippen LogP) is -5.13. The molecule has 10 heavy (non-hydrogen) atoms. The predicted molar refractivity (Wildman–Crippen MR) is 28.9 cm³/mol. The first-order chi connectivity index (χ1) is 3.43. The molecular weight excluding hydrogens is 207 g/mol. The molecular formula is C6H8Cl2OTi. The van der Waals surface area contributed by atoms with E-state index in [1.165, 1.54) is 0 Å². The van der Waals surface area contributed by atoms with E-state index in [0.29, 0.717) is 0 Å². The number of aliphatic hydroxyl groups excluding tert-OH is 1. The molecule has 1 rings (SSSR count). The van der Waals surface area contributed by atoms with Crippen molar-refractivity contribution in [3.05, 3.63) is 23.8 Å². The molecule has 0 saturated carbocycles. The summed E-state index contributed by atoms with van der Waals surface area (Å²) in [5.74, 6) is 0. The van der Waals surface area contributed by atoms with E-state index >= 15 is 0 Å². The van der Waals surface area contributed by atoms with Gasteiger partial charge in [-0.05, 0) is 12.0 Å². The number of halogens is 2. The quantitative estimate of drug-likeness (QED) is 0.434. The summed E-state index contributed by atoms with van der Waals surface area (Å²) in [6.07, 6.45) is 6.88. The van der Waals surface area contributed by atoms with Crippen LogP contribution < -0.4 is 24.8 Å². The molecule has 0 spiro atoms. The molecule has 0 heterocycles. The van der Waals surface area contributed by atoms with Gasteiger partial charge in [0.25, 0.3) is 0 Å². The first-order valence-electron chi connectivity index (χ1n) is 2.39. The second-order valence-corrected chi connectivity index (χ2v) is 1.62. The summed E-state index contributed by atoms with van der Waals surface area (Å²) in [5.41, 5.74) is 1.11. The van der Waals surface area contributed by atoms with Crippen molar-refractivity contribution < 1.29 is 51.6 Å². The normalized spacial score (nSPS) is 12.3. The van der Waals surface area contributed by atoms with Gasteiger partial charge in [-0.15, -0.1) is 0 Å². The molecule has 0 radical (unpaired) electrons. The fourth-order valence-electron chi connectivity index (χ4n) is 0.609. The maximum absolute atomic E-state index is 8.46. The topological polar surface area (TPSA) is 20.2 Å². The summed E-state index contributed by atoms with van der Waals surface area (Å²) >= 11 is 0. The van der Waals surface area contributed by atoms with E-state index in [1.807, 2.05) is 18.2 Å². The smallest absolute Gasteiger partial charge is 1.00 e. The third kappa shape index (κ3) is 5.51. The van der Waals surface area contributed by atoms with Crippen molar-refractivity contribution >= 4 is 0 Å². The Morgan fingerprint density at radius 3 is 2.20 bits per heavy atom. The van der Waals surface area contributed by atoms with Crippen molar-refractivity contribution in [1.29, 1.82) is 0 Å². The number of hydrogen-bond acceptors (Lipinski definition) is 1. The Morgan fingerprint density at radius 1 is 1.40 bits per heavy atom. The zero-order valence-electron chi connectivity index (χ0n) is 5.35. The van der Waals surface area contributed by atoms with Gasteiger partial charge in [0.2, 0.25) is 0 Å². The number of hydrogen-bond donors (Lipinski definition) is 1. The summed E-state index contributed by atoms with van der Waals surface area (Å²) < 4.78 is 0. The molecule has 4 heteroatoms. The molecule has 1 nitrogen and oxygen atoms in total. The van der Waals surface area contributed by atoms with Crippen molar-refractivity contribution in [2.45, 2.75) is 6.42 Å². The van der Waals surface area contributed by atoms with E-state index in [1.54, 1.807) is 0 Å². The van der Waals surface area contributed by atoms with Crippen molar-refractivity contribution in [2.24, 2.45) is 0 Å². The van der Waals surface area contributed by atoms with Crippen molar-refractivity contribution in [3.8, 4) is 0 Å². The van der Waals surface area contributed by atoms with E-state index in [0.717, 1.165) is 12.0 Å². The third-order valence-corrected chi connectivity index (χ3v) is 1.05. The first-order valence-corrected chi connectivity index (χ1v) is 2.39. The SMILES string of the molecule is OCC1=CC=CC1.[Cl-].[Cl-].[Ti+2]. The van der Waals surface area contributed by atoms with E-state index in [4.69, 9.17) is 5.11 Å². The van der Waals surface area contributed by atoms with Crippen LogP contribution in [0.25, 0.3) is 0 Å². The molecule has 0 fully saturated rings. The molecule has 0 bridgehead atoms. The zero-order chi connectivity index (χ0) is 5.11. The Labute approximate surface area is 88.3 Å². The molecule has 0 atom stereocenters. The minimum absolute atomic E-state index is 0. The van der Waals surface area contributed by atoms with Crippen LogP contribution in [0.3, 0.4) is 0 Å². The summed E-state index contributed by atoms with van der Waals surface area (Å²) in [7, 11) is 0. The van der Waals surface area contributed by atoms with Gasteiger partial charge in [-0.2, -0.15) is 0 Å². The van der Waals surface area contributed by atoms with Gasteiger partial charge in [-0.25, -0.2) is 0 Å². The third-order valence-electron chi connectivity index (χ3n) is 1.05. The molecule has 0 aliphatic heterocycles. The minimum Gasteiger partial charge on any atom is -1.00 e. The van der Waals surface area contributed by atoms with E-state index < -0.39 is 0 Å². The van der Waals surface area contributed by atoms with E-state index in [9.17, 15) is 0 Å². The molecule has 0 saturated heterocycles. The van der Waals surface area contributed by atoms with Crippen LogP contribution in [0.4, 0.5) is 0 Å². The summed E-state index contributed by atoms with van der Waals surface area (Å²) in [4.78, 5) is 0. The summed E-state index contributed by atoms with van der Waals surface area (Å²) in [5, 5.41) is 8.46. The summed E-state index contributed by atoms with van der Waals surface area (Å²) in [6.45, 7) is 0.215. The number of allylic oxidation sites excluding steroid dienone is 3. The van der Waals surface area contributed by atoms with Crippen LogP contribution in [0.15, 0.2) is 23.8 Å². The first kappa shape index (κ1) is 17.0. The molecule has 0 aromatic heterocycles. The Kier molecular flexibility index (Phi) is 16.6. The Hall–Kier alpha value is 0.734. The molecule has 56 valence electrons. The maximum Gasteiger partial charge on any atom is 2.00 e. The van der Waals surface area contributed by atoms with Crippen molar-refractivity contribution in [1.82, 2.24) is 0 Å². The van der Waals surface area contributed by atoms with Gasteiger partial charge in [0, 0.05) is 0 Å². The van der Waals surface area contributed by atoms with E-state index in [2.05, 4.69) is 0 Å². The average molecular weight is 215 g/mol. The second kappa shape index (κ2) is 9.73. The van der Waals surface area contributed by atoms with Crippen LogP contribution in [0.5, 0.6) is 0 Å². The second-order valence-electron chi connectivity index (χ2n) is 1.62. The molecule has 0 unspecified atom stereocenters. The molecule has 1 aliphatic carbocycles. The van der Waals surface area contributed by atoms with Crippen molar-refractivity contribution in [3.63, 3.8) is 0 Å². The monoisotopic (exact) mass is 214 g/mol. The largest absolute Gasteiger partial charge is 2.00 e. The van der Waals surface area contributed by atoms with Gasteiger partial charge >= 0.3 is 21.7 Å².